The number of hydrogen-bond donors (Lipinski definition) is 1. The number of halogens is 1. The van der Waals surface area contributed by atoms with Crippen LogP contribution in [0.5, 0.6) is 0 Å². The van der Waals surface area contributed by atoms with Crippen molar-refractivity contribution >= 4 is 18.3 Å². The lowest BCUT2D eigenvalue weighted by Gasteiger charge is -2.23. The summed E-state index contributed by atoms with van der Waals surface area (Å²) in [6.07, 6.45) is 5.76. The predicted molar refractivity (Wildman–Crippen MR) is 91.2 cm³/mol. The average molecular weight is 327 g/mol. The lowest BCUT2D eigenvalue weighted by Crippen LogP contribution is -2.39. The van der Waals surface area contributed by atoms with Crippen molar-refractivity contribution < 1.29 is 9.53 Å². The van der Waals surface area contributed by atoms with Crippen molar-refractivity contribution in [1.29, 1.82) is 0 Å². The molecule has 2 N–H and O–H groups in total. The van der Waals surface area contributed by atoms with E-state index in [0.717, 1.165) is 19.3 Å². The summed E-state index contributed by atoms with van der Waals surface area (Å²) < 4.78 is 5.71. The van der Waals surface area contributed by atoms with Gasteiger partial charge in [-0.15, -0.1) is 12.4 Å². The summed E-state index contributed by atoms with van der Waals surface area (Å²) in [4.78, 5) is 14.1. The first kappa shape index (κ1) is 18.9. The van der Waals surface area contributed by atoms with Gasteiger partial charge < -0.3 is 15.4 Å². The normalized spacial score (nSPS) is 14.6. The minimum Gasteiger partial charge on any atom is -0.368 e. The van der Waals surface area contributed by atoms with E-state index in [1.807, 2.05) is 23.1 Å². The monoisotopic (exact) mass is 326 g/mol. The molecule has 1 saturated carbocycles. The lowest BCUT2D eigenvalue weighted by atomic mass is 10.1. The number of carbonyl (C=O) groups is 1. The van der Waals surface area contributed by atoms with Gasteiger partial charge in [-0.25, -0.2) is 0 Å². The number of carbonyl (C=O) groups excluding carboxylic acids is 1. The molecule has 22 heavy (non-hydrogen) atoms. The molecule has 0 bridgehead atoms. The fourth-order valence-electron chi connectivity index (χ4n) is 2.76. The predicted octanol–water partition coefficient (Wildman–Crippen LogP) is 2.40. The molecule has 1 fully saturated rings. The Labute approximate surface area is 139 Å². The maximum Gasteiger partial charge on any atom is 0.248 e. The molecule has 1 aliphatic rings. The Bertz CT molecular complexity index is 422. The average Bonchev–Trinajstić information content (AvgIpc) is 3.03. The second-order valence-corrected chi connectivity index (χ2v) is 5.62. The number of nitrogens with zero attached hydrogens (tertiary/aromatic N) is 1. The van der Waals surface area contributed by atoms with Crippen LogP contribution in [0.25, 0.3) is 0 Å². The van der Waals surface area contributed by atoms with Gasteiger partial charge in [0.25, 0.3) is 0 Å². The Balaban J connectivity index is 0.00000242. The highest BCUT2D eigenvalue weighted by atomic mass is 35.5. The van der Waals surface area contributed by atoms with Crippen LogP contribution in [-0.4, -0.2) is 43.2 Å². The summed E-state index contributed by atoms with van der Waals surface area (Å²) in [6, 6.07) is 10.2. The van der Waals surface area contributed by atoms with Gasteiger partial charge in [-0.1, -0.05) is 43.2 Å². The molecule has 1 aromatic rings. The van der Waals surface area contributed by atoms with Crippen molar-refractivity contribution in [2.75, 3.05) is 26.2 Å². The third-order valence-corrected chi connectivity index (χ3v) is 4.01. The summed E-state index contributed by atoms with van der Waals surface area (Å²) in [5.74, 6) is 0.0586. The molecule has 5 heteroatoms. The quantitative estimate of drug-likeness (QED) is 0.798. The molecule has 0 unspecified atom stereocenters. The zero-order valence-electron chi connectivity index (χ0n) is 13.1. The zero-order valence-corrected chi connectivity index (χ0v) is 13.9. The van der Waals surface area contributed by atoms with Crippen molar-refractivity contribution in [1.82, 2.24) is 4.90 Å². The standard InChI is InChI=1S/C17H26N2O2.ClH/c18-11-13-19(12-10-15-6-2-1-3-7-15)17(20)14-21-16-8-4-5-9-16;/h1-3,6-7,16H,4-5,8-14,18H2;1H. The maximum absolute atomic E-state index is 12.3. The van der Waals surface area contributed by atoms with Crippen LogP contribution in [-0.2, 0) is 16.0 Å². The molecular weight excluding hydrogens is 300 g/mol. The van der Waals surface area contributed by atoms with E-state index >= 15 is 0 Å². The number of rotatable bonds is 8. The minimum absolute atomic E-state index is 0. The molecule has 0 aromatic heterocycles. The van der Waals surface area contributed by atoms with Crippen molar-refractivity contribution in [3.8, 4) is 0 Å². The van der Waals surface area contributed by atoms with Gasteiger partial charge >= 0.3 is 0 Å². The van der Waals surface area contributed by atoms with Crippen LogP contribution in [0.4, 0.5) is 0 Å². The Morgan fingerprint density at radius 2 is 1.86 bits per heavy atom. The van der Waals surface area contributed by atoms with Crippen LogP contribution in [0.1, 0.15) is 31.2 Å². The molecule has 0 spiro atoms. The summed E-state index contributed by atoms with van der Waals surface area (Å²) >= 11 is 0. The SMILES string of the molecule is Cl.NCCN(CCc1ccccc1)C(=O)COC1CCCC1. The van der Waals surface area contributed by atoms with Gasteiger partial charge in [-0.05, 0) is 24.8 Å². The Kier molecular flexibility index (Phi) is 9.13. The third-order valence-electron chi connectivity index (χ3n) is 4.01. The van der Waals surface area contributed by atoms with Gasteiger partial charge in [0.1, 0.15) is 6.61 Å². The van der Waals surface area contributed by atoms with Gasteiger partial charge in [-0.2, -0.15) is 0 Å². The Morgan fingerprint density at radius 1 is 1.18 bits per heavy atom. The Hall–Kier alpha value is -1.10. The van der Waals surface area contributed by atoms with Crippen LogP contribution in [0, 0.1) is 0 Å². The number of benzene rings is 1. The van der Waals surface area contributed by atoms with Crippen LogP contribution >= 0.6 is 12.4 Å². The lowest BCUT2D eigenvalue weighted by molar-refractivity contribution is -0.138. The van der Waals surface area contributed by atoms with Gasteiger partial charge in [0, 0.05) is 19.6 Å². The zero-order chi connectivity index (χ0) is 14.9. The largest absolute Gasteiger partial charge is 0.368 e. The number of amides is 1. The number of hydrogen-bond acceptors (Lipinski definition) is 3. The fraction of sp³-hybridized carbons (Fsp3) is 0.588. The summed E-state index contributed by atoms with van der Waals surface area (Å²) in [7, 11) is 0. The highest BCUT2D eigenvalue weighted by Gasteiger charge is 2.19. The molecule has 0 heterocycles. The molecule has 1 aliphatic carbocycles. The van der Waals surface area contributed by atoms with Crippen LogP contribution in [0.2, 0.25) is 0 Å². The van der Waals surface area contributed by atoms with Crippen molar-refractivity contribution in [3.05, 3.63) is 35.9 Å². The van der Waals surface area contributed by atoms with E-state index in [1.165, 1.54) is 18.4 Å². The Morgan fingerprint density at radius 3 is 2.50 bits per heavy atom. The topological polar surface area (TPSA) is 55.6 Å². The maximum atomic E-state index is 12.3. The van der Waals surface area contributed by atoms with E-state index in [2.05, 4.69) is 12.1 Å². The van der Waals surface area contributed by atoms with Gasteiger partial charge in [0.05, 0.1) is 6.10 Å². The highest BCUT2D eigenvalue weighted by molar-refractivity contribution is 5.85. The first-order chi connectivity index (χ1) is 10.3. The molecule has 0 radical (unpaired) electrons. The van der Waals surface area contributed by atoms with Crippen molar-refractivity contribution in [3.63, 3.8) is 0 Å². The van der Waals surface area contributed by atoms with Crippen LogP contribution < -0.4 is 5.73 Å². The molecule has 0 atom stereocenters. The molecule has 4 nitrogen and oxygen atoms in total. The summed E-state index contributed by atoms with van der Waals surface area (Å²) in [5, 5.41) is 0. The van der Waals surface area contributed by atoms with E-state index in [9.17, 15) is 4.79 Å². The molecule has 0 saturated heterocycles. The van der Waals surface area contributed by atoms with E-state index < -0.39 is 0 Å². The van der Waals surface area contributed by atoms with Crippen LogP contribution in [0.3, 0.4) is 0 Å². The second-order valence-electron chi connectivity index (χ2n) is 5.62. The van der Waals surface area contributed by atoms with Gasteiger partial charge in [0.15, 0.2) is 0 Å². The van der Waals surface area contributed by atoms with Crippen molar-refractivity contribution in [2.24, 2.45) is 5.73 Å². The first-order valence-corrected chi connectivity index (χ1v) is 7.93. The van der Waals surface area contributed by atoms with E-state index in [0.29, 0.717) is 19.6 Å². The van der Waals surface area contributed by atoms with Gasteiger partial charge in [-0.3, -0.25) is 4.79 Å². The molecule has 1 amide bonds. The summed E-state index contributed by atoms with van der Waals surface area (Å²) in [6.45, 7) is 1.98. The van der Waals surface area contributed by atoms with E-state index in [-0.39, 0.29) is 31.0 Å². The smallest absolute Gasteiger partial charge is 0.248 e. The molecular formula is C17H27ClN2O2. The first-order valence-electron chi connectivity index (χ1n) is 7.93. The van der Waals surface area contributed by atoms with Crippen molar-refractivity contribution in [2.45, 2.75) is 38.2 Å². The molecule has 0 aliphatic heterocycles. The van der Waals surface area contributed by atoms with E-state index in [1.54, 1.807) is 0 Å². The van der Waals surface area contributed by atoms with Gasteiger partial charge in [0.2, 0.25) is 5.91 Å². The summed E-state index contributed by atoms with van der Waals surface area (Å²) in [5.41, 5.74) is 6.86. The van der Waals surface area contributed by atoms with Crippen LogP contribution in [0.15, 0.2) is 30.3 Å². The third kappa shape index (κ3) is 6.34. The molecule has 1 aromatic carbocycles. The second kappa shape index (κ2) is 10.6. The fourth-order valence-corrected chi connectivity index (χ4v) is 2.76. The number of nitrogens with two attached hydrogens (primary N) is 1. The molecule has 124 valence electrons. The number of ether oxygens (including phenoxy) is 1. The highest BCUT2D eigenvalue weighted by Crippen LogP contribution is 2.20. The van der Waals surface area contributed by atoms with E-state index in [4.69, 9.17) is 10.5 Å². The molecule has 2 rings (SSSR count). The minimum atomic E-state index is 0.